The Morgan fingerprint density at radius 1 is 1.22 bits per heavy atom. The van der Waals surface area contributed by atoms with E-state index in [4.69, 9.17) is 9.15 Å². The molecule has 5 rings (SSSR count). The molecule has 4 heterocycles. The first-order valence-corrected chi connectivity index (χ1v) is 13.6. The highest BCUT2D eigenvalue weighted by molar-refractivity contribution is 8.02. The lowest BCUT2D eigenvalue weighted by atomic mass is 10.0. The minimum atomic E-state index is -0.604. The number of methoxy groups -OCH3 is 1. The van der Waals surface area contributed by atoms with E-state index in [1.54, 1.807) is 18.4 Å². The number of esters is 1. The number of nitrogens with one attached hydrogen (secondary N) is 1. The van der Waals surface area contributed by atoms with Gasteiger partial charge in [0.25, 0.3) is 5.56 Å². The number of aryl methyl sites for hydroxylation is 2. The van der Waals surface area contributed by atoms with Crippen LogP contribution in [0.25, 0.3) is 26.9 Å². The van der Waals surface area contributed by atoms with Gasteiger partial charge in [-0.15, -0.1) is 11.3 Å². The summed E-state index contributed by atoms with van der Waals surface area (Å²) in [4.78, 5) is 43.6. The lowest BCUT2D eigenvalue weighted by molar-refractivity contribution is 0.0605. The van der Waals surface area contributed by atoms with Crippen molar-refractivity contribution in [3.05, 3.63) is 65.9 Å². The average molecular weight is 540 g/mol. The van der Waals surface area contributed by atoms with Gasteiger partial charge in [0, 0.05) is 16.9 Å². The number of nitrogens with zero attached hydrogens (tertiary/aromatic N) is 2. The summed E-state index contributed by atoms with van der Waals surface area (Å²) in [5.74, 6) is -0.412. The standard InChI is InChI=1S/C26H25N3O6S2/c1-4-5-6-7-8-14-9-15-10-16(24(32)35-19(15)11-18(14)30)17-12-36-26-27-22-20(23(31)29(26)28-17)13(2)21(37-22)25(33)34-3/h9-12,28,30H,4-8H2,1-3H3. The van der Waals surface area contributed by atoms with Crippen LogP contribution in [0.5, 0.6) is 5.75 Å². The third-order valence-corrected chi connectivity index (χ3v) is 8.35. The number of rotatable bonds is 7. The van der Waals surface area contributed by atoms with E-state index in [9.17, 15) is 19.5 Å². The molecule has 3 aromatic heterocycles. The van der Waals surface area contributed by atoms with Crippen LogP contribution in [0.4, 0.5) is 0 Å². The van der Waals surface area contributed by atoms with E-state index in [0.29, 0.717) is 36.9 Å². The molecule has 0 fully saturated rings. The number of aromatic hydroxyl groups is 1. The summed E-state index contributed by atoms with van der Waals surface area (Å²) in [5.41, 5.74) is 4.22. The number of phenolic OH excluding ortho intramolecular Hbond substituents is 1. The van der Waals surface area contributed by atoms with Crippen molar-refractivity contribution in [1.29, 1.82) is 0 Å². The maximum absolute atomic E-state index is 13.4. The lowest BCUT2D eigenvalue weighted by Crippen LogP contribution is -2.33. The van der Waals surface area contributed by atoms with Gasteiger partial charge in [-0.2, -0.15) is 4.68 Å². The molecule has 0 atom stereocenters. The fraction of sp³-hybridized carbons (Fsp3) is 0.308. The summed E-state index contributed by atoms with van der Waals surface area (Å²) in [6.07, 6.45) is 5.04. The van der Waals surface area contributed by atoms with Crippen LogP contribution in [0.15, 0.2) is 42.8 Å². The molecule has 192 valence electrons. The molecule has 0 aliphatic carbocycles. The van der Waals surface area contributed by atoms with Crippen molar-refractivity contribution in [1.82, 2.24) is 9.66 Å². The van der Waals surface area contributed by atoms with E-state index in [1.165, 1.54) is 29.6 Å². The molecular weight excluding hydrogens is 514 g/mol. The molecule has 4 aromatic rings. The number of carbonyl (C=O) groups excluding carboxylic acids is 1. The molecule has 0 saturated carbocycles. The van der Waals surface area contributed by atoms with E-state index in [1.807, 2.05) is 6.07 Å². The van der Waals surface area contributed by atoms with Crippen molar-refractivity contribution < 1.29 is 19.1 Å². The van der Waals surface area contributed by atoms with Crippen molar-refractivity contribution in [2.45, 2.75) is 51.1 Å². The largest absolute Gasteiger partial charge is 0.508 e. The second kappa shape index (κ2) is 10.1. The normalized spacial score (nSPS) is 12.9. The first-order valence-electron chi connectivity index (χ1n) is 11.9. The molecule has 0 spiro atoms. The summed E-state index contributed by atoms with van der Waals surface area (Å²) >= 11 is 2.29. The van der Waals surface area contributed by atoms with E-state index < -0.39 is 11.6 Å². The summed E-state index contributed by atoms with van der Waals surface area (Å²) in [5, 5.41) is 13.5. The van der Waals surface area contributed by atoms with Crippen molar-refractivity contribution in [2.75, 3.05) is 12.5 Å². The van der Waals surface area contributed by atoms with Crippen molar-refractivity contribution in [3.8, 4) is 5.75 Å². The number of hydrogen-bond donors (Lipinski definition) is 2. The number of carbonyl (C=O) groups is 1. The summed E-state index contributed by atoms with van der Waals surface area (Å²) in [6.45, 7) is 3.83. The third-order valence-electron chi connectivity index (χ3n) is 6.34. The SMILES string of the molecule is CCCCCCc1cc2cc(C3=CSc4nc5sc(C(=O)OC)c(C)c5c(=O)n4N3)c(=O)oc2cc1O. The molecule has 11 heteroatoms. The Bertz CT molecular complexity index is 1700. The van der Waals surface area contributed by atoms with Gasteiger partial charge >= 0.3 is 11.6 Å². The zero-order chi connectivity index (χ0) is 26.3. The van der Waals surface area contributed by atoms with Crippen LogP contribution in [-0.4, -0.2) is 27.8 Å². The van der Waals surface area contributed by atoms with Crippen LogP contribution in [-0.2, 0) is 11.2 Å². The predicted molar refractivity (Wildman–Crippen MR) is 145 cm³/mol. The topological polar surface area (TPSA) is 124 Å². The van der Waals surface area contributed by atoms with E-state index >= 15 is 0 Å². The lowest BCUT2D eigenvalue weighted by Gasteiger charge is -2.19. The van der Waals surface area contributed by atoms with Crippen molar-refractivity contribution in [3.63, 3.8) is 0 Å². The first kappa shape index (κ1) is 25.1. The zero-order valence-corrected chi connectivity index (χ0v) is 22.2. The maximum atomic E-state index is 13.4. The third kappa shape index (κ3) is 4.53. The number of thioether (sulfide) groups is 1. The molecule has 0 amide bonds. The molecule has 0 radical (unpaired) electrons. The fourth-order valence-corrected chi connectivity index (χ4v) is 6.27. The number of fused-ring (bicyclic) bond motifs is 3. The van der Waals surface area contributed by atoms with Gasteiger partial charge in [0.05, 0.1) is 23.8 Å². The van der Waals surface area contributed by atoms with E-state index in [0.717, 1.165) is 49.0 Å². The predicted octanol–water partition coefficient (Wildman–Crippen LogP) is 5.14. The molecular formula is C26H25N3O6S2. The van der Waals surface area contributed by atoms with Crippen LogP contribution in [0.1, 0.15) is 59.0 Å². The number of unbranched alkanes of at least 4 members (excludes halogenated alkanes) is 3. The van der Waals surface area contributed by atoms with Gasteiger partial charge in [0.2, 0.25) is 0 Å². The molecule has 37 heavy (non-hydrogen) atoms. The summed E-state index contributed by atoms with van der Waals surface area (Å²) < 4.78 is 11.6. The Morgan fingerprint density at radius 2 is 2.03 bits per heavy atom. The number of thiophene rings is 1. The Kier molecular flexibility index (Phi) is 6.82. The number of aromatic nitrogens is 2. The van der Waals surface area contributed by atoms with Gasteiger partial charge in [0.15, 0.2) is 5.16 Å². The van der Waals surface area contributed by atoms with E-state index in [2.05, 4.69) is 17.3 Å². The molecule has 2 N–H and O–H groups in total. The number of ether oxygens (including phenoxy) is 1. The van der Waals surface area contributed by atoms with Crippen LogP contribution < -0.4 is 16.6 Å². The molecule has 1 aliphatic rings. The second-order valence-corrected chi connectivity index (χ2v) is 10.6. The van der Waals surface area contributed by atoms with Gasteiger partial charge < -0.3 is 14.3 Å². The molecule has 1 aliphatic heterocycles. The highest BCUT2D eigenvalue weighted by Crippen LogP contribution is 2.33. The smallest absolute Gasteiger partial charge is 0.348 e. The van der Waals surface area contributed by atoms with E-state index in [-0.39, 0.29) is 22.5 Å². The minimum Gasteiger partial charge on any atom is -0.508 e. The first-order chi connectivity index (χ1) is 17.8. The molecule has 9 nitrogen and oxygen atoms in total. The second-order valence-electron chi connectivity index (χ2n) is 8.80. The molecule has 0 bridgehead atoms. The number of phenols is 1. The molecule has 0 saturated heterocycles. The van der Waals surface area contributed by atoms with Crippen molar-refractivity contribution >= 4 is 56.0 Å². The number of hydrogen-bond acceptors (Lipinski definition) is 10. The summed E-state index contributed by atoms with van der Waals surface area (Å²) in [6, 6.07) is 5.02. The van der Waals surface area contributed by atoms with Crippen molar-refractivity contribution in [2.24, 2.45) is 0 Å². The van der Waals surface area contributed by atoms with Gasteiger partial charge in [-0.3, -0.25) is 10.2 Å². The highest BCUT2D eigenvalue weighted by Gasteiger charge is 2.25. The van der Waals surface area contributed by atoms with Crippen LogP contribution >= 0.6 is 23.1 Å². The maximum Gasteiger partial charge on any atom is 0.348 e. The van der Waals surface area contributed by atoms with Gasteiger partial charge in [0.1, 0.15) is 21.0 Å². The summed E-state index contributed by atoms with van der Waals surface area (Å²) in [7, 11) is 1.29. The average Bonchev–Trinajstić information content (AvgIpc) is 3.22. The molecule has 1 aromatic carbocycles. The number of benzene rings is 1. The Hall–Kier alpha value is -3.57. The monoisotopic (exact) mass is 539 g/mol. The van der Waals surface area contributed by atoms with Gasteiger partial charge in [-0.05, 0) is 43.0 Å². The van der Waals surface area contributed by atoms with Gasteiger partial charge in [-0.25, -0.2) is 14.6 Å². The minimum absolute atomic E-state index is 0.110. The molecule has 0 unspecified atom stereocenters. The quantitative estimate of drug-likeness (QED) is 0.142. The van der Waals surface area contributed by atoms with Gasteiger partial charge in [-0.1, -0.05) is 37.9 Å². The fourth-order valence-electron chi connectivity index (χ4n) is 4.35. The highest BCUT2D eigenvalue weighted by atomic mass is 32.2. The Balaban J connectivity index is 1.52. The van der Waals surface area contributed by atoms with Crippen LogP contribution in [0, 0.1) is 6.92 Å². The van der Waals surface area contributed by atoms with Crippen LogP contribution in [0.3, 0.4) is 0 Å². The Morgan fingerprint density at radius 3 is 2.78 bits per heavy atom. The Labute approximate surface area is 219 Å². The van der Waals surface area contributed by atoms with Crippen LogP contribution in [0.2, 0.25) is 0 Å². The zero-order valence-electron chi connectivity index (χ0n) is 20.5.